The molecule has 0 amide bonds. The fourth-order valence-corrected chi connectivity index (χ4v) is 6.38. The van der Waals surface area contributed by atoms with Crippen LogP contribution in [-0.2, 0) is 9.84 Å². The molecular formula is C24H18BrFN2O3S2. The number of aryl methyl sites for hydroxylation is 1. The summed E-state index contributed by atoms with van der Waals surface area (Å²) < 4.78 is 41.2. The molecule has 0 spiro atoms. The van der Waals surface area contributed by atoms with Gasteiger partial charge in [-0.3, -0.25) is 4.79 Å². The Balaban J connectivity index is 1.87. The van der Waals surface area contributed by atoms with E-state index in [4.69, 9.17) is 5.73 Å². The molecule has 0 fully saturated rings. The number of benzene rings is 3. The molecule has 3 aromatic carbocycles. The van der Waals surface area contributed by atoms with Gasteiger partial charge in [-0.1, -0.05) is 33.6 Å². The third-order valence-electron chi connectivity index (χ3n) is 4.91. The fraction of sp³-hybridized carbons (Fsp3) is 0.0417. The summed E-state index contributed by atoms with van der Waals surface area (Å²) in [7, 11) is -4.06. The standard InChI is InChI=1S/C24H18BrFN2O3S2/c1-14-2-10-18(11-3-14)28-24-23(33(30,31)19-12-6-16(25)7-13-19)20(27)22(32-24)21(29)15-4-8-17(26)9-5-15/h2-13,28H,27H2,1H3. The fourth-order valence-electron chi connectivity index (χ4n) is 3.18. The molecule has 0 aliphatic heterocycles. The summed E-state index contributed by atoms with van der Waals surface area (Å²) in [6, 6.07) is 18.6. The highest BCUT2D eigenvalue weighted by Crippen LogP contribution is 2.44. The Hall–Kier alpha value is -3.01. The first-order valence-corrected chi connectivity index (χ1v) is 12.8. The van der Waals surface area contributed by atoms with Gasteiger partial charge in [0, 0.05) is 15.7 Å². The minimum atomic E-state index is -4.06. The number of ketones is 1. The average Bonchev–Trinajstić information content (AvgIpc) is 3.12. The SMILES string of the molecule is Cc1ccc(Nc2sc(C(=O)c3ccc(F)cc3)c(N)c2S(=O)(=O)c2ccc(Br)cc2)cc1. The van der Waals surface area contributed by atoms with E-state index in [0.717, 1.165) is 21.4 Å². The lowest BCUT2D eigenvalue weighted by Gasteiger charge is -2.10. The second-order valence-corrected chi connectivity index (χ2v) is 11.1. The molecule has 168 valence electrons. The molecule has 4 rings (SSSR count). The van der Waals surface area contributed by atoms with E-state index in [1.807, 2.05) is 31.2 Å². The van der Waals surface area contributed by atoms with Crippen LogP contribution < -0.4 is 11.1 Å². The van der Waals surface area contributed by atoms with E-state index < -0.39 is 21.4 Å². The Kier molecular flexibility index (Phi) is 6.38. The van der Waals surface area contributed by atoms with Crippen LogP contribution in [0.4, 0.5) is 20.8 Å². The van der Waals surface area contributed by atoms with E-state index >= 15 is 0 Å². The van der Waals surface area contributed by atoms with Crippen LogP contribution in [-0.4, -0.2) is 14.2 Å². The molecule has 9 heteroatoms. The van der Waals surface area contributed by atoms with Crippen LogP contribution in [0.2, 0.25) is 0 Å². The van der Waals surface area contributed by atoms with Gasteiger partial charge in [0.25, 0.3) is 0 Å². The summed E-state index contributed by atoms with van der Waals surface area (Å²) >= 11 is 4.25. The van der Waals surface area contributed by atoms with Crippen LogP contribution in [0.15, 0.2) is 87.1 Å². The number of nitrogens with two attached hydrogens (primary N) is 1. The van der Waals surface area contributed by atoms with Crippen LogP contribution >= 0.6 is 27.3 Å². The van der Waals surface area contributed by atoms with Crippen molar-refractivity contribution in [2.45, 2.75) is 16.7 Å². The van der Waals surface area contributed by atoms with Gasteiger partial charge in [-0.25, -0.2) is 12.8 Å². The Morgan fingerprint density at radius 3 is 2.18 bits per heavy atom. The molecule has 0 aliphatic rings. The number of rotatable bonds is 6. The number of thiophene rings is 1. The molecule has 5 nitrogen and oxygen atoms in total. The zero-order valence-electron chi connectivity index (χ0n) is 17.3. The van der Waals surface area contributed by atoms with Crippen molar-refractivity contribution in [1.29, 1.82) is 0 Å². The van der Waals surface area contributed by atoms with E-state index in [2.05, 4.69) is 21.2 Å². The van der Waals surface area contributed by atoms with Crippen molar-refractivity contribution >= 4 is 59.3 Å². The molecule has 1 aromatic heterocycles. The first-order valence-electron chi connectivity index (χ1n) is 9.73. The lowest BCUT2D eigenvalue weighted by atomic mass is 10.1. The molecule has 0 unspecified atom stereocenters. The van der Waals surface area contributed by atoms with Gasteiger partial charge in [-0.05, 0) is 67.6 Å². The molecule has 0 radical (unpaired) electrons. The van der Waals surface area contributed by atoms with Crippen molar-refractivity contribution in [3.63, 3.8) is 0 Å². The second kappa shape index (κ2) is 9.09. The summed E-state index contributed by atoms with van der Waals surface area (Å²) in [5, 5.41) is 3.33. The van der Waals surface area contributed by atoms with Gasteiger partial charge in [-0.15, -0.1) is 11.3 Å². The van der Waals surface area contributed by atoms with Crippen molar-refractivity contribution in [3.05, 3.63) is 99.1 Å². The van der Waals surface area contributed by atoms with Gasteiger partial charge in [-0.2, -0.15) is 0 Å². The van der Waals surface area contributed by atoms with Crippen molar-refractivity contribution in [2.75, 3.05) is 11.1 Å². The maximum absolute atomic E-state index is 13.6. The van der Waals surface area contributed by atoms with Gasteiger partial charge in [0.2, 0.25) is 15.6 Å². The zero-order chi connectivity index (χ0) is 23.8. The number of carbonyl (C=O) groups excluding carboxylic acids is 1. The van der Waals surface area contributed by atoms with Crippen LogP contribution in [0.5, 0.6) is 0 Å². The number of sulfone groups is 1. The molecule has 0 bridgehead atoms. The van der Waals surface area contributed by atoms with Crippen LogP contribution in [0, 0.1) is 12.7 Å². The lowest BCUT2D eigenvalue weighted by Crippen LogP contribution is -2.08. The van der Waals surface area contributed by atoms with Crippen molar-refractivity contribution in [1.82, 2.24) is 0 Å². The average molecular weight is 545 g/mol. The van der Waals surface area contributed by atoms with Gasteiger partial charge in [0.05, 0.1) is 10.6 Å². The quantitative estimate of drug-likeness (QED) is 0.276. The van der Waals surface area contributed by atoms with Gasteiger partial charge in [0.15, 0.2) is 0 Å². The smallest absolute Gasteiger partial charge is 0.211 e. The first-order chi connectivity index (χ1) is 15.7. The van der Waals surface area contributed by atoms with Crippen LogP contribution in [0.1, 0.15) is 20.8 Å². The number of nitrogens with one attached hydrogen (secondary N) is 1. The van der Waals surface area contributed by atoms with Gasteiger partial charge in [0.1, 0.15) is 20.6 Å². The molecule has 4 aromatic rings. The third-order valence-corrected chi connectivity index (χ3v) is 8.55. The molecule has 0 atom stereocenters. The molecule has 3 N–H and O–H groups in total. The molecule has 0 aliphatic carbocycles. The van der Waals surface area contributed by atoms with Crippen LogP contribution in [0.3, 0.4) is 0 Å². The number of nitrogen functional groups attached to an aromatic ring is 1. The number of anilines is 3. The maximum atomic E-state index is 13.6. The highest BCUT2D eigenvalue weighted by Gasteiger charge is 2.31. The maximum Gasteiger partial charge on any atom is 0.211 e. The normalized spacial score (nSPS) is 11.4. The zero-order valence-corrected chi connectivity index (χ0v) is 20.5. The Bertz CT molecular complexity index is 1430. The predicted octanol–water partition coefficient (Wildman–Crippen LogP) is 6.35. The molecule has 0 saturated carbocycles. The van der Waals surface area contributed by atoms with Gasteiger partial charge >= 0.3 is 0 Å². The molecule has 1 heterocycles. The summed E-state index contributed by atoms with van der Waals surface area (Å²) in [6.45, 7) is 1.94. The lowest BCUT2D eigenvalue weighted by molar-refractivity contribution is 0.104. The van der Waals surface area contributed by atoms with E-state index in [-0.39, 0.29) is 30.9 Å². The number of halogens is 2. The predicted molar refractivity (Wildman–Crippen MR) is 133 cm³/mol. The third kappa shape index (κ3) is 4.71. The minimum absolute atomic E-state index is 0.0444. The Morgan fingerprint density at radius 1 is 0.970 bits per heavy atom. The topological polar surface area (TPSA) is 89.3 Å². The van der Waals surface area contributed by atoms with E-state index in [1.54, 1.807) is 12.1 Å². The molecule has 0 saturated heterocycles. The highest BCUT2D eigenvalue weighted by molar-refractivity contribution is 9.10. The summed E-state index contributed by atoms with van der Waals surface area (Å²) in [6.07, 6.45) is 0. The first kappa shape index (κ1) is 23.2. The highest BCUT2D eigenvalue weighted by atomic mass is 79.9. The van der Waals surface area contributed by atoms with E-state index in [1.165, 1.54) is 36.4 Å². The van der Waals surface area contributed by atoms with Crippen molar-refractivity contribution < 1.29 is 17.6 Å². The Labute approximate surface area is 203 Å². The number of hydrogen-bond acceptors (Lipinski definition) is 6. The Morgan fingerprint density at radius 2 is 1.58 bits per heavy atom. The minimum Gasteiger partial charge on any atom is -0.396 e. The van der Waals surface area contributed by atoms with Crippen molar-refractivity contribution in [3.8, 4) is 0 Å². The summed E-state index contributed by atoms with van der Waals surface area (Å²) in [4.78, 5) is 13.1. The van der Waals surface area contributed by atoms with Gasteiger partial charge < -0.3 is 11.1 Å². The molecular weight excluding hydrogens is 527 g/mol. The molecule has 33 heavy (non-hydrogen) atoms. The largest absolute Gasteiger partial charge is 0.396 e. The number of hydrogen-bond donors (Lipinski definition) is 2. The van der Waals surface area contributed by atoms with E-state index in [9.17, 15) is 17.6 Å². The summed E-state index contributed by atoms with van der Waals surface area (Å²) in [5.41, 5.74) is 8.04. The monoisotopic (exact) mass is 544 g/mol. The van der Waals surface area contributed by atoms with E-state index in [0.29, 0.717) is 5.69 Å². The summed E-state index contributed by atoms with van der Waals surface area (Å²) in [5.74, 6) is -0.965. The van der Waals surface area contributed by atoms with Crippen molar-refractivity contribution in [2.24, 2.45) is 0 Å². The van der Waals surface area contributed by atoms with Crippen LogP contribution in [0.25, 0.3) is 0 Å². The number of carbonyl (C=O) groups is 1. The second-order valence-electron chi connectivity index (χ2n) is 7.29.